The summed E-state index contributed by atoms with van der Waals surface area (Å²) in [6.07, 6.45) is 0.576. The molecule has 0 rings (SSSR count). The second-order valence-electron chi connectivity index (χ2n) is 2.74. The molecule has 0 aromatic carbocycles. The van der Waals surface area contributed by atoms with Crippen LogP contribution >= 0.6 is 0 Å². The molecule has 3 nitrogen and oxygen atoms in total. The minimum absolute atomic E-state index is 0. The van der Waals surface area contributed by atoms with Crippen LogP contribution in [0.4, 0.5) is 0 Å². The van der Waals surface area contributed by atoms with Crippen molar-refractivity contribution in [1.82, 2.24) is 0 Å². The van der Waals surface area contributed by atoms with Crippen LogP contribution < -0.4 is 18.9 Å². The third kappa shape index (κ3) is 10.7. The van der Waals surface area contributed by atoms with E-state index in [1.807, 2.05) is 13.8 Å². The van der Waals surface area contributed by atoms with Crippen molar-refractivity contribution in [3.05, 3.63) is 0 Å². The Bertz CT molecular complexity index is 123. The van der Waals surface area contributed by atoms with Gasteiger partial charge in [-0.3, -0.25) is 4.18 Å². The number of rotatable bonds is 4. The summed E-state index contributed by atoms with van der Waals surface area (Å²) in [6, 6.07) is 0. The normalized spacial score (nSPS) is 15.7. The Balaban J connectivity index is -0.000000405. The zero-order chi connectivity index (χ0) is 8.15. The molecule has 0 saturated heterocycles. The van der Waals surface area contributed by atoms with E-state index in [9.17, 15) is 8.76 Å². The van der Waals surface area contributed by atoms with Gasteiger partial charge in [0.05, 0.1) is 17.5 Å². The van der Waals surface area contributed by atoms with Crippen LogP contribution in [0, 0.1) is 5.92 Å². The van der Waals surface area contributed by atoms with Gasteiger partial charge in [0.2, 0.25) is 0 Å². The van der Waals surface area contributed by atoms with Crippen LogP contribution in [0.3, 0.4) is 0 Å². The third-order valence-electron chi connectivity index (χ3n) is 1.05. The zero-order valence-electron chi connectivity index (χ0n) is 8.49. The van der Waals surface area contributed by atoms with E-state index < -0.39 is 11.4 Å². The minimum Gasteiger partial charge on any atom is -1.00 e. The first-order valence-electron chi connectivity index (χ1n) is 3.28. The van der Waals surface area contributed by atoms with E-state index in [1.165, 1.54) is 0 Å². The predicted molar refractivity (Wildman–Crippen MR) is 40.0 cm³/mol. The maximum Gasteiger partial charge on any atom is 1.00 e. The molecule has 64 valence electrons. The Labute approximate surface area is 84.0 Å². The van der Waals surface area contributed by atoms with Crippen LogP contribution in [0.1, 0.15) is 28.6 Å². The summed E-state index contributed by atoms with van der Waals surface area (Å²) < 4.78 is 24.4. The van der Waals surface area contributed by atoms with Crippen molar-refractivity contribution >= 4 is 11.4 Å². The monoisotopic (exact) mass is 173 g/mol. The smallest absolute Gasteiger partial charge is 1.00 e. The van der Waals surface area contributed by atoms with Gasteiger partial charge < -0.3 is 5.98 Å². The van der Waals surface area contributed by atoms with E-state index in [1.54, 1.807) is 6.92 Å². The Morgan fingerprint density at radius 1 is 1.55 bits per heavy atom. The van der Waals surface area contributed by atoms with Gasteiger partial charge in [0.25, 0.3) is 0 Å². The Kier molecular flexibility index (Phi) is 9.46. The summed E-state index contributed by atoms with van der Waals surface area (Å²) in [4.78, 5) is 0. The molecule has 0 radical (unpaired) electrons. The molecule has 0 aromatic heterocycles. The van der Waals surface area contributed by atoms with Gasteiger partial charge in [-0.15, -0.1) is 0 Å². The van der Waals surface area contributed by atoms with Crippen molar-refractivity contribution in [3.8, 4) is 0 Å². The molecule has 0 amide bonds. The first-order valence-corrected chi connectivity index (χ1v) is 4.28. The van der Waals surface area contributed by atoms with Crippen LogP contribution in [0.5, 0.6) is 0 Å². The summed E-state index contributed by atoms with van der Waals surface area (Å²) in [6.45, 7) is 5.79. The fourth-order valence-electron chi connectivity index (χ4n) is 0.837. The Morgan fingerprint density at radius 3 is 2.27 bits per heavy atom. The number of hydrogen-bond acceptors (Lipinski definition) is 3. The molecule has 5 heteroatoms. The van der Waals surface area contributed by atoms with E-state index in [0.29, 0.717) is 5.92 Å². The molecule has 0 aliphatic heterocycles. The van der Waals surface area contributed by atoms with Crippen LogP contribution in [0.2, 0.25) is 0 Å². The zero-order valence-corrected chi connectivity index (χ0v) is 8.31. The van der Waals surface area contributed by atoms with Gasteiger partial charge in [0.15, 0.2) is 0 Å². The molecular weight excluding hydrogens is 159 g/mol. The summed E-state index contributed by atoms with van der Waals surface area (Å²) in [5, 5.41) is 0. The molecule has 0 spiro atoms. The Hall–Kier alpha value is 0.667. The summed E-state index contributed by atoms with van der Waals surface area (Å²) in [5.41, 5.74) is 0. The molecule has 0 fully saturated rings. The summed E-state index contributed by atoms with van der Waals surface area (Å²) >= 11 is -2.36. The SMILES string of the molecule is CC(C)CC(C)OS(=O)[O-].[H-].[Li+]. The average Bonchev–Trinajstić information content (AvgIpc) is 1.58. The summed E-state index contributed by atoms with van der Waals surface area (Å²) in [7, 11) is 0. The summed E-state index contributed by atoms with van der Waals surface area (Å²) in [5.74, 6) is 0.471. The van der Waals surface area contributed by atoms with Gasteiger partial charge in [-0.2, -0.15) is 0 Å². The second-order valence-corrected chi connectivity index (χ2v) is 3.34. The molecule has 0 saturated carbocycles. The molecule has 0 aromatic rings. The molecule has 2 atom stereocenters. The van der Waals surface area contributed by atoms with Gasteiger partial charge in [0.1, 0.15) is 0 Å². The van der Waals surface area contributed by atoms with Crippen molar-refractivity contribution in [1.29, 1.82) is 0 Å². The number of hydrogen-bond donors (Lipinski definition) is 0. The molecule has 0 heterocycles. The third-order valence-corrected chi connectivity index (χ3v) is 1.53. The van der Waals surface area contributed by atoms with Crippen LogP contribution in [-0.4, -0.2) is 14.9 Å². The van der Waals surface area contributed by atoms with Crippen molar-refractivity contribution in [2.45, 2.75) is 33.3 Å². The topological polar surface area (TPSA) is 49.4 Å². The molecule has 0 aliphatic carbocycles. The van der Waals surface area contributed by atoms with Gasteiger partial charge >= 0.3 is 18.9 Å². The first-order chi connectivity index (χ1) is 4.52. The van der Waals surface area contributed by atoms with Gasteiger partial charge in [-0.1, -0.05) is 13.8 Å². The van der Waals surface area contributed by atoms with Crippen LogP contribution in [0.25, 0.3) is 0 Å². The molecule has 0 bridgehead atoms. The van der Waals surface area contributed by atoms with Crippen LogP contribution in [0.15, 0.2) is 0 Å². The molecule has 0 aliphatic rings. The average molecular weight is 173 g/mol. The van der Waals surface area contributed by atoms with E-state index >= 15 is 0 Å². The second kappa shape index (κ2) is 7.32. The minimum atomic E-state index is -2.36. The maximum atomic E-state index is 9.97. The first kappa shape index (κ1) is 14.2. The fraction of sp³-hybridized carbons (Fsp3) is 1.00. The fourth-order valence-corrected chi connectivity index (χ4v) is 1.18. The van der Waals surface area contributed by atoms with E-state index in [-0.39, 0.29) is 26.4 Å². The molecular formula is C6H14LiO3S-. The van der Waals surface area contributed by atoms with Crippen molar-refractivity contribution in [2.75, 3.05) is 0 Å². The van der Waals surface area contributed by atoms with Gasteiger partial charge in [-0.05, 0) is 19.3 Å². The molecule has 0 N–H and O–H groups in total. The van der Waals surface area contributed by atoms with Crippen molar-refractivity contribution < 1.29 is 33.2 Å². The van der Waals surface area contributed by atoms with E-state index in [4.69, 9.17) is 0 Å². The Morgan fingerprint density at radius 2 is 2.00 bits per heavy atom. The molecule has 11 heavy (non-hydrogen) atoms. The van der Waals surface area contributed by atoms with Crippen molar-refractivity contribution in [3.63, 3.8) is 0 Å². The van der Waals surface area contributed by atoms with Crippen molar-refractivity contribution in [2.24, 2.45) is 5.92 Å². The predicted octanol–water partition coefficient (Wildman–Crippen LogP) is -1.65. The van der Waals surface area contributed by atoms with Crippen LogP contribution in [-0.2, 0) is 15.5 Å². The maximum absolute atomic E-state index is 9.97. The largest absolute Gasteiger partial charge is 1.00 e. The quantitative estimate of drug-likeness (QED) is 0.378. The standard InChI is InChI=1S/C6H14O3S.Li.H/c1-5(2)4-6(3)9-10(7)8;;/h5-6H,4H2,1-3H3,(H,7,8);;/q;+1;-1/p-1. The van der Waals surface area contributed by atoms with Gasteiger partial charge in [-0.25, -0.2) is 4.21 Å². The molecule has 2 unspecified atom stereocenters. The van der Waals surface area contributed by atoms with E-state index in [2.05, 4.69) is 4.18 Å². The van der Waals surface area contributed by atoms with E-state index in [0.717, 1.165) is 6.42 Å². The van der Waals surface area contributed by atoms with Gasteiger partial charge in [0, 0.05) is 0 Å².